The first kappa shape index (κ1) is 14.7. The molecule has 0 aromatic carbocycles. The van der Waals surface area contributed by atoms with E-state index in [-0.39, 0.29) is 5.91 Å². The molecular formula is C12H14ClN5OS. The van der Waals surface area contributed by atoms with Gasteiger partial charge in [0, 0.05) is 12.7 Å². The van der Waals surface area contributed by atoms with Gasteiger partial charge in [-0.3, -0.25) is 10.1 Å². The van der Waals surface area contributed by atoms with E-state index in [1.165, 1.54) is 17.5 Å². The largest absolute Gasteiger partial charge is 0.370 e. The first-order valence-corrected chi connectivity index (χ1v) is 7.30. The number of carbonyl (C=O) groups excluding carboxylic acids is 1. The Balaban J connectivity index is 2.15. The van der Waals surface area contributed by atoms with E-state index < -0.39 is 0 Å². The van der Waals surface area contributed by atoms with Crippen molar-refractivity contribution in [2.24, 2.45) is 0 Å². The number of pyridine rings is 1. The zero-order valence-corrected chi connectivity index (χ0v) is 12.7. The van der Waals surface area contributed by atoms with Crippen molar-refractivity contribution < 1.29 is 4.79 Å². The Morgan fingerprint density at radius 3 is 2.90 bits per heavy atom. The Bertz CT molecular complexity index is 616. The van der Waals surface area contributed by atoms with Crippen LogP contribution in [0.1, 0.15) is 28.7 Å². The highest BCUT2D eigenvalue weighted by molar-refractivity contribution is 7.15. The fourth-order valence-electron chi connectivity index (χ4n) is 1.47. The molecule has 0 aliphatic heterocycles. The third-order valence-electron chi connectivity index (χ3n) is 2.40. The lowest BCUT2D eigenvalue weighted by atomic mass is 10.2. The molecule has 0 saturated carbocycles. The Morgan fingerprint density at radius 2 is 2.25 bits per heavy atom. The zero-order chi connectivity index (χ0) is 14.5. The number of nitrogens with zero attached hydrogens (tertiary/aromatic N) is 3. The zero-order valence-electron chi connectivity index (χ0n) is 11.1. The summed E-state index contributed by atoms with van der Waals surface area (Å²) in [5, 5.41) is 15.0. The van der Waals surface area contributed by atoms with E-state index in [0.717, 1.165) is 18.0 Å². The van der Waals surface area contributed by atoms with E-state index in [0.29, 0.717) is 21.5 Å². The highest BCUT2D eigenvalue weighted by Gasteiger charge is 2.14. The number of halogens is 1. The molecule has 0 radical (unpaired) electrons. The Morgan fingerprint density at radius 1 is 1.45 bits per heavy atom. The summed E-state index contributed by atoms with van der Waals surface area (Å²) in [5.74, 6) is 0.294. The molecule has 0 unspecified atom stereocenters. The van der Waals surface area contributed by atoms with Gasteiger partial charge in [-0.1, -0.05) is 29.9 Å². The van der Waals surface area contributed by atoms with Crippen molar-refractivity contribution >= 4 is 39.8 Å². The van der Waals surface area contributed by atoms with Gasteiger partial charge in [-0.05, 0) is 19.4 Å². The smallest absolute Gasteiger partial charge is 0.259 e. The molecule has 2 aromatic heterocycles. The lowest BCUT2D eigenvalue weighted by Crippen LogP contribution is -2.13. The number of amides is 1. The fourth-order valence-corrected chi connectivity index (χ4v) is 2.25. The predicted octanol–water partition coefficient (Wildman–Crippen LogP) is 2.97. The van der Waals surface area contributed by atoms with E-state index in [4.69, 9.17) is 11.6 Å². The average Bonchev–Trinajstić information content (AvgIpc) is 2.83. The van der Waals surface area contributed by atoms with Crippen LogP contribution in [-0.4, -0.2) is 27.6 Å². The molecule has 6 nitrogen and oxygen atoms in total. The van der Waals surface area contributed by atoms with Gasteiger partial charge >= 0.3 is 0 Å². The Hall–Kier alpha value is -1.73. The molecule has 20 heavy (non-hydrogen) atoms. The van der Waals surface area contributed by atoms with Crippen molar-refractivity contribution in [1.82, 2.24) is 15.2 Å². The standard InChI is InChI=1S/C12H14ClN5OS/c1-3-4-14-10-5-8(9(13)6-15-10)11(19)16-12-18-17-7(2)20-12/h5-6H,3-4H2,1-2H3,(H,14,15)(H,16,18,19). The summed E-state index contributed by atoms with van der Waals surface area (Å²) < 4.78 is 0. The maximum absolute atomic E-state index is 12.2. The molecule has 0 aliphatic rings. The second-order valence-corrected chi connectivity index (χ2v) is 5.65. The number of anilines is 2. The number of hydrogen-bond acceptors (Lipinski definition) is 6. The van der Waals surface area contributed by atoms with Gasteiger partial charge in [0.2, 0.25) is 5.13 Å². The van der Waals surface area contributed by atoms with Crippen molar-refractivity contribution in [3.63, 3.8) is 0 Å². The summed E-state index contributed by atoms with van der Waals surface area (Å²) in [4.78, 5) is 16.3. The van der Waals surface area contributed by atoms with Gasteiger partial charge in [0.25, 0.3) is 5.91 Å². The van der Waals surface area contributed by atoms with Gasteiger partial charge in [-0.15, -0.1) is 10.2 Å². The van der Waals surface area contributed by atoms with Crippen LogP contribution in [0.15, 0.2) is 12.3 Å². The fraction of sp³-hybridized carbons (Fsp3) is 0.333. The molecule has 106 valence electrons. The summed E-state index contributed by atoms with van der Waals surface area (Å²) in [6.45, 7) is 4.65. The van der Waals surface area contributed by atoms with Crippen molar-refractivity contribution in [2.45, 2.75) is 20.3 Å². The van der Waals surface area contributed by atoms with Gasteiger partial charge in [0.15, 0.2) is 0 Å². The maximum atomic E-state index is 12.2. The minimum absolute atomic E-state index is 0.297. The summed E-state index contributed by atoms with van der Waals surface area (Å²) >= 11 is 7.32. The quantitative estimate of drug-likeness (QED) is 0.887. The highest BCUT2D eigenvalue weighted by atomic mass is 35.5. The van der Waals surface area contributed by atoms with Gasteiger partial charge in [0.05, 0.1) is 10.6 Å². The van der Waals surface area contributed by atoms with Crippen molar-refractivity contribution in [2.75, 3.05) is 17.2 Å². The Kier molecular flexibility index (Phi) is 4.86. The molecule has 2 aromatic rings. The number of aromatic nitrogens is 3. The third kappa shape index (κ3) is 3.64. The molecule has 2 rings (SSSR count). The van der Waals surface area contributed by atoms with Crippen LogP contribution in [0.2, 0.25) is 5.02 Å². The molecule has 0 fully saturated rings. The molecule has 2 heterocycles. The summed E-state index contributed by atoms with van der Waals surface area (Å²) in [7, 11) is 0. The lowest BCUT2D eigenvalue weighted by molar-refractivity contribution is 0.102. The minimum Gasteiger partial charge on any atom is -0.370 e. The van der Waals surface area contributed by atoms with Crippen LogP contribution in [-0.2, 0) is 0 Å². The topological polar surface area (TPSA) is 79.8 Å². The van der Waals surface area contributed by atoms with E-state index >= 15 is 0 Å². The average molecular weight is 312 g/mol. The van der Waals surface area contributed by atoms with Gasteiger partial charge in [-0.25, -0.2) is 4.98 Å². The molecule has 8 heteroatoms. The molecule has 0 bridgehead atoms. The first-order chi connectivity index (χ1) is 9.60. The van der Waals surface area contributed by atoms with Crippen LogP contribution in [0.25, 0.3) is 0 Å². The third-order valence-corrected chi connectivity index (χ3v) is 3.46. The van der Waals surface area contributed by atoms with E-state index in [1.807, 2.05) is 13.8 Å². The summed E-state index contributed by atoms with van der Waals surface area (Å²) in [6.07, 6.45) is 2.43. The summed E-state index contributed by atoms with van der Waals surface area (Å²) in [6, 6.07) is 1.63. The minimum atomic E-state index is -0.326. The molecule has 0 atom stereocenters. The van der Waals surface area contributed by atoms with Crippen LogP contribution in [0.3, 0.4) is 0 Å². The molecule has 0 saturated heterocycles. The lowest BCUT2D eigenvalue weighted by Gasteiger charge is -2.07. The van der Waals surface area contributed by atoms with Crippen LogP contribution in [0.4, 0.5) is 10.9 Å². The van der Waals surface area contributed by atoms with E-state index in [9.17, 15) is 4.79 Å². The number of nitrogens with one attached hydrogen (secondary N) is 2. The number of aryl methyl sites for hydroxylation is 1. The van der Waals surface area contributed by atoms with Gasteiger partial charge in [0.1, 0.15) is 10.8 Å². The monoisotopic (exact) mass is 311 g/mol. The van der Waals surface area contributed by atoms with E-state index in [2.05, 4.69) is 25.8 Å². The number of hydrogen-bond donors (Lipinski definition) is 2. The predicted molar refractivity (Wildman–Crippen MR) is 80.6 cm³/mol. The SMILES string of the molecule is CCCNc1cc(C(=O)Nc2nnc(C)s2)c(Cl)cn1. The second kappa shape index (κ2) is 6.62. The van der Waals surface area contributed by atoms with Crippen LogP contribution in [0, 0.1) is 6.92 Å². The van der Waals surface area contributed by atoms with Crippen LogP contribution >= 0.6 is 22.9 Å². The Labute approximate surface area is 125 Å². The van der Waals surface area contributed by atoms with Crippen molar-refractivity contribution in [3.05, 3.63) is 27.9 Å². The molecule has 0 aliphatic carbocycles. The first-order valence-electron chi connectivity index (χ1n) is 6.11. The molecule has 0 spiro atoms. The van der Waals surface area contributed by atoms with E-state index in [1.54, 1.807) is 6.07 Å². The van der Waals surface area contributed by atoms with Gasteiger partial charge in [-0.2, -0.15) is 0 Å². The molecular weight excluding hydrogens is 298 g/mol. The molecule has 1 amide bonds. The van der Waals surface area contributed by atoms with Crippen molar-refractivity contribution in [3.8, 4) is 0 Å². The van der Waals surface area contributed by atoms with Crippen LogP contribution < -0.4 is 10.6 Å². The second-order valence-electron chi connectivity index (χ2n) is 4.06. The molecule has 2 N–H and O–H groups in total. The number of rotatable bonds is 5. The number of carbonyl (C=O) groups is 1. The van der Waals surface area contributed by atoms with Crippen molar-refractivity contribution in [1.29, 1.82) is 0 Å². The highest BCUT2D eigenvalue weighted by Crippen LogP contribution is 2.21. The maximum Gasteiger partial charge on any atom is 0.259 e. The normalized spacial score (nSPS) is 10.3. The van der Waals surface area contributed by atoms with Crippen LogP contribution in [0.5, 0.6) is 0 Å². The summed E-state index contributed by atoms with van der Waals surface area (Å²) in [5.41, 5.74) is 0.355. The van der Waals surface area contributed by atoms with Gasteiger partial charge < -0.3 is 5.32 Å².